The standard InChI is InChI=1S/C22H31N3O4/c1-17-7-10-24(16-22(17)8-3-2-4-9-22)21(26)19-15-18(25(27)28)5-6-20(19)23-11-13-29-14-12-23/h5-6,15,17H,2-4,7-14,16H2,1H3/t17-/m0/s1. The summed E-state index contributed by atoms with van der Waals surface area (Å²) in [6, 6.07) is 4.71. The third kappa shape index (κ3) is 3.97. The monoisotopic (exact) mass is 401 g/mol. The van der Waals surface area contributed by atoms with Crippen LogP contribution >= 0.6 is 0 Å². The molecule has 29 heavy (non-hydrogen) atoms. The van der Waals surface area contributed by atoms with Crippen LogP contribution in [0.5, 0.6) is 0 Å². The summed E-state index contributed by atoms with van der Waals surface area (Å²) < 4.78 is 5.44. The number of morpholine rings is 1. The third-order valence-corrected chi connectivity index (χ3v) is 7.29. The van der Waals surface area contributed by atoms with Crippen LogP contribution in [0.4, 0.5) is 11.4 Å². The zero-order valence-corrected chi connectivity index (χ0v) is 17.3. The summed E-state index contributed by atoms with van der Waals surface area (Å²) in [5.74, 6) is 0.558. The van der Waals surface area contributed by atoms with E-state index in [1.54, 1.807) is 6.07 Å². The molecular formula is C22H31N3O4. The molecule has 0 unspecified atom stereocenters. The van der Waals surface area contributed by atoms with Crippen LogP contribution in [0.2, 0.25) is 0 Å². The van der Waals surface area contributed by atoms with E-state index in [2.05, 4.69) is 11.8 Å². The molecule has 1 aromatic carbocycles. The fraction of sp³-hybridized carbons (Fsp3) is 0.682. The van der Waals surface area contributed by atoms with E-state index < -0.39 is 4.92 Å². The average molecular weight is 402 g/mol. The van der Waals surface area contributed by atoms with E-state index in [1.807, 2.05) is 4.90 Å². The second-order valence-electron chi connectivity index (χ2n) is 8.90. The van der Waals surface area contributed by atoms with Crippen molar-refractivity contribution in [1.29, 1.82) is 0 Å². The Hall–Kier alpha value is -2.15. The number of hydrogen-bond donors (Lipinski definition) is 0. The van der Waals surface area contributed by atoms with Gasteiger partial charge in [-0.05, 0) is 36.7 Å². The van der Waals surface area contributed by atoms with E-state index in [-0.39, 0.29) is 17.0 Å². The van der Waals surface area contributed by atoms with E-state index in [0.717, 1.165) is 25.2 Å². The highest BCUT2D eigenvalue weighted by atomic mass is 16.6. The SMILES string of the molecule is C[C@H]1CCN(C(=O)c2cc([N+](=O)[O-])ccc2N2CCOCC2)CC12CCCCC2. The third-order valence-electron chi connectivity index (χ3n) is 7.29. The molecule has 1 aliphatic carbocycles. The topological polar surface area (TPSA) is 75.9 Å². The Morgan fingerprint density at radius 2 is 1.90 bits per heavy atom. The van der Waals surface area contributed by atoms with Crippen LogP contribution in [0.1, 0.15) is 55.8 Å². The maximum atomic E-state index is 13.6. The van der Waals surface area contributed by atoms with Crippen molar-refractivity contribution < 1.29 is 14.5 Å². The van der Waals surface area contributed by atoms with Gasteiger partial charge in [-0.2, -0.15) is 0 Å². The van der Waals surface area contributed by atoms with Crippen LogP contribution in [0.3, 0.4) is 0 Å². The van der Waals surface area contributed by atoms with E-state index in [0.29, 0.717) is 37.8 Å². The highest BCUT2D eigenvalue weighted by Gasteiger charge is 2.43. The lowest BCUT2D eigenvalue weighted by atomic mass is 9.63. The van der Waals surface area contributed by atoms with Gasteiger partial charge in [-0.1, -0.05) is 26.2 Å². The highest BCUT2D eigenvalue weighted by Crippen LogP contribution is 2.47. The van der Waals surface area contributed by atoms with E-state index in [9.17, 15) is 14.9 Å². The Kier molecular flexibility index (Phi) is 5.76. The van der Waals surface area contributed by atoms with Gasteiger partial charge in [-0.3, -0.25) is 14.9 Å². The molecule has 0 N–H and O–H groups in total. The van der Waals surface area contributed by atoms with Gasteiger partial charge in [-0.25, -0.2) is 0 Å². The lowest BCUT2D eigenvalue weighted by Gasteiger charge is -2.49. The molecule has 7 nitrogen and oxygen atoms in total. The van der Waals surface area contributed by atoms with Crippen LogP contribution in [-0.2, 0) is 4.74 Å². The molecule has 7 heteroatoms. The summed E-state index contributed by atoms with van der Waals surface area (Å²) >= 11 is 0. The molecule has 1 aromatic rings. The summed E-state index contributed by atoms with van der Waals surface area (Å²) in [6.45, 7) is 6.44. The molecule has 0 radical (unpaired) electrons. The van der Waals surface area contributed by atoms with Crippen molar-refractivity contribution in [3.05, 3.63) is 33.9 Å². The van der Waals surface area contributed by atoms with Gasteiger partial charge >= 0.3 is 0 Å². The van der Waals surface area contributed by atoms with Crippen LogP contribution in [0, 0.1) is 21.4 Å². The molecule has 0 aromatic heterocycles. The van der Waals surface area contributed by atoms with Gasteiger partial charge in [0.2, 0.25) is 0 Å². The minimum absolute atomic E-state index is 0.0249. The number of likely N-dealkylation sites (tertiary alicyclic amines) is 1. The number of non-ortho nitro benzene ring substituents is 1. The number of piperidine rings is 1. The minimum Gasteiger partial charge on any atom is -0.378 e. The minimum atomic E-state index is -0.416. The van der Waals surface area contributed by atoms with Gasteiger partial charge < -0.3 is 14.5 Å². The largest absolute Gasteiger partial charge is 0.378 e. The molecule has 2 saturated heterocycles. The van der Waals surface area contributed by atoms with Crippen LogP contribution in [0.15, 0.2) is 18.2 Å². The number of nitro benzene ring substituents is 1. The molecule has 1 amide bonds. The van der Waals surface area contributed by atoms with Crippen molar-refractivity contribution in [2.45, 2.75) is 45.4 Å². The van der Waals surface area contributed by atoms with Crippen molar-refractivity contribution in [2.75, 3.05) is 44.3 Å². The molecule has 3 aliphatic rings. The van der Waals surface area contributed by atoms with Gasteiger partial charge in [0, 0.05) is 38.3 Å². The van der Waals surface area contributed by atoms with Gasteiger partial charge in [0.25, 0.3) is 11.6 Å². The Balaban J connectivity index is 1.64. The first-order chi connectivity index (χ1) is 14.0. The first-order valence-electron chi connectivity index (χ1n) is 10.9. The predicted molar refractivity (Wildman–Crippen MR) is 111 cm³/mol. The Bertz CT molecular complexity index is 769. The summed E-state index contributed by atoms with van der Waals surface area (Å²) in [7, 11) is 0. The molecule has 0 bridgehead atoms. The zero-order chi connectivity index (χ0) is 20.4. The number of benzene rings is 1. The highest BCUT2D eigenvalue weighted by molar-refractivity contribution is 6.00. The summed E-state index contributed by atoms with van der Waals surface area (Å²) in [5, 5.41) is 11.4. The predicted octanol–water partition coefficient (Wildman–Crippen LogP) is 3.86. The summed E-state index contributed by atoms with van der Waals surface area (Å²) in [4.78, 5) is 28.7. The number of ether oxygens (including phenoxy) is 1. The first kappa shape index (κ1) is 20.1. The molecule has 1 spiro atoms. The van der Waals surface area contributed by atoms with Crippen molar-refractivity contribution in [3.8, 4) is 0 Å². The number of anilines is 1. The lowest BCUT2D eigenvalue weighted by Crippen LogP contribution is -2.51. The van der Waals surface area contributed by atoms with E-state index in [1.165, 1.54) is 44.2 Å². The molecule has 3 fully saturated rings. The second kappa shape index (κ2) is 8.30. The normalized spacial score (nSPS) is 24.5. The van der Waals surface area contributed by atoms with Gasteiger partial charge in [0.05, 0.1) is 29.4 Å². The lowest BCUT2D eigenvalue weighted by molar-refractivity contribution is -0.384. The fourth-order valence-electron chi connectivity index (χ4n) is 5.41. The average Bonchev–Trinajstić information content (AvgIpc) is 2.76. The Labute approximate surface area is 172 Å². The number of carbonyl (C=O) groups excluding carboxylic acids is 1. The van der Waals surface area contributed by atoms with Crippen molar-refractivity contribution >= 4 is 17.3 Å². The fourth-order valence-corrected chi connectivity index (χ4v) is 5.41. The van der Waals surface area contributed by atoms with Gasteiger partial charge in [0.15, 0.2) is 0 Å². The molecule has 2 aliphatic heterocycles. The van der Waals surface area contributed by atoms with Crippen LogP contribution in [-0.4, -0.2) is 55.1 Å². The summed E-state index contributed by atoms with van der Waals surface area (Å²) in [5.41, 5.74) is 1.44. The molecule has 2 heterocycles. The molecule has 4 rings (SSSR count). The number of amides is 1. The number of rotatable bonds is 3. The summed E-state index contributed by atoms with van der Waals surface area (Å²) in [6.07, 6.45) is 7.14. The molecule has 1 saturated carbocycles. The molecule has 1 atom stereocenters. The van der Waals surface area contributed by atoms with Crippen molar-refractivity contribution in [2.24, 2.45) is 11.3 Å². The van der Waals surface area contributed by atoms with Crippen LogP contribution in [0.25, 0.3) is 0 Å². The van der Waals surface area contributed by atoms with Gasteiger partial charge in [-0.15, -0.1) is 0 Å². The quantitative estimate of drug-likeness (QED) is 0.568. The number of nitro groups is 1. The maximum Gasteiger partial charge on any atom is 0.270 e. The zero-order valence-electron chi connectivity index (χ0n) is 17.3. The van der Waals surface area contributed by atoms with Crippen molar-refractivity contribution in [1.82, 2.24) is 4.90 Å². The number of hydrogen-bond acceptors (Lipinski definition) is 5. The number of nitrogens with zero attached hydrogens (tertiary/aromatic N) is 3. The first-order valence-corrected chi connectivity index (χ1v) is 10.9. The Morgan fingerprint density at radius 3 is 2.59 bits per heavy atom. The maximum absolute atomic E-state index is 13.6. The smallest absolute Gasteiger partial charge is 0.270 e. The second-order valence-corrected chi connectivity index (χ2v) is 8.90. The van der Waals surface area contributed by atoms with E-state index >= 15 is 0 Å². The van der Waals surface area contributed by atoms with E-state index in [4.69, 9.17) is 4.74 Å². The van der Waals surface area contributed by atoms with Crippen LogP contribution < -0.4 is 4.90 Å². The number of carbonyl (C=O) groups is 1. The Morgan fingerprint density at radius 1 is 1.17 bits per heavy atom. The molecular weight excluding hydrogens is 370 g/mol. The van der Waals surface area contributed by atoms with Crippen molar-refractivity contribution in [3.63, 3.8) is 0 Å². The van der Waals surface area contributed by atoms with Gasteiger partial charge in [0.1, 0.15) is 0 Å². The molecule has 158 valence electrons.